The maximum Gasteiger partial charge on any atom is 0.121 e. The van der Waals surface area contributed by atoms with Crippen molar-refractivity contribution < 1.29 is 4.74 Å². The molecule has 3 heteroatoms. The minimum absolute atomic E-state index is 0.517. The third-order valence-electron chi connectivity index (χ3n) is 2.18. The molecule has 0 N–H and O–H groups in total. The normalized spacial score (nSPS) is 11.1. The van der Waals surface area contributed by atoms with Crippen LogP contribution in [-0.2, 0) is 0 Å². The van der Waals surface area contributed by atoms with E-state index in [4.69, 9.17) is 16.3 Å². The summed E-state index contributed by atoms with van der Waals surface area (Å²) in [5, 5.41) is 1.12. The second kappa shape index (κ2) is 5.52. The van der Waals surface area contributed by atoms with Gasteiger partial charge in [0.25, 0.3) is 0 Å². The smallest absolute Gasteiger partial charge is 0.121 e. The Balaban J connectivity index is 2.10. The second-order valence-electron chi connectivity index (χ2n) is 3.29. The number of pyridine rings is 1. The van der Waals surface area contributed by atoms with Gasteiger partial charge in [0, 0.05) is 23.5 Å². The zero-order valence-electron chi connectivity index (χ0n) is 8.77. The van der Waals surface area contributed by atoms with E-state index in [0.29, 0.717) is 12.5 Å². The molecule has 0 unspecified atom stereocenters. The summed E-state index contributed by atoms with van der Waals surface area (Å²) >= 11 is 5.51. The van der Waals surface area contributed by atoms with Crippen LogP contribution in [0.2, 0.25) is 0 Å². The fourth-order valence-corrected chi connectivity index (χ4v) is 1.54. The van der Waals surface area contributed by atoms with Gasteiger partial charge in [-0.1, -0.05) is 18.2 Å². The molecule has 0 aliphatic rings. The van der Waals surface area contributed by atoms with Crippen LogP contribution in [0.25, 0.3) is 10.9 Å². The Morgan fingerprint density at radius 1 is 1.25 bits per heavy atom. The van der Waals surface area contributed by atoms with Crippen molar-refractivity contribution in [2.45, 2.75) is 0 Å². The lowest BCUT2D eigenvalue weighted by molar-refractivity contribution is 0.363. The van der Waals surface area contributed by atoms with Crippen molar-refractivity contribution in [1.82, 2.24) is 4.98 Å². The van der Waals surface area contributed by atoms with Gasteiger partial charge in [-0.3, -0.25) is 4.98 Å². The maximum atomic E-state index is 5.53. The van der Waals surface area contributed by atoms with Crippen molar-refractivity contribution in [3.63, 3.8) is 0 Å². The molecule has 0 bridgehead atoms. The average molecular weight is 234 g/mol. The van der Waals surface area contributed by atoms with Crippen molar-refractivity contribution in [3.8, 4) is 5.75 Å². The Morgan fingerprint density at radius 2 is 2.19 bits per heavy atom. The Morgan fingerprint density at radius 3 is 3.06 bits per heavy atom. The maximum absolute atomic E-state index is 5.53. The number of fused-ring (bicyclic) bond motifs is 1. The van der Waals surface area contributed by atoms with Crippen molar-refractivity contribution in [2.24, 2.45) is 0 Å². The molecule has 0 aliphatic carbocycles. The average Bonchev–Trinajstić information content (AvgIpc) is 2.34. The minimum atomic E-state index is 0.517. The molecule has 2 nitrogen and oxygen atoms in total. The summed E-state index contributed by atoms with van der Waals surface area (Å²) < 4.78 is 5.53. The first-order chi connectivity index (χ1) is 7.90. The monoisotopic (exact) mass is 233 g/mol. The highest BCUT2D eigenvalue weighted by Crippen LogP contribution is 2.18. The van der Waals surface area contributed by atoms with Crippen LogP contribution >= 0.6 is 11.6 Å². The van der Waals surface area contributed by atoms with Crippen LogP contribution in [0, 0.1) is 0 Å². The minimum Gasteiger partial charge on any atom is -0.489 e. The molecule has 1 heterocycles. The van der Waals surface area contributed by atoms with Crippen LogP contribution < -0.4 is 4.74 Å². The summed E-state index contributed by atoms with van der Waals surface area (Å²) in [6, 6.07) is 9.83. The lowest BCUT2D eigenvalue weighted by Gasteiger charge is -2.03. The molecule has 0 radical (unpaired) electrons. The van der Waals surface area contributed by atoms with E-state index >= 15 is 0 Å². The van der Waals surface area contributed by atoms with Gasteiger partial charge < -0.3 is 4.74 Å². The number of rotatable bonds is 4. The highest BCUT2D eigenvalue weighted by atomic mass is 35.5. The largest absolute Gasteiger partial charge is 0.489 e. The van der Waals surface area contributed by atoms with E-state index in [1.54, 1.807) is 6.20 Å². The molecule has 82 valence electrons. The predicted molar refractivity (Wildman–Crippen MR) is 67.1 cm³/mol. The number of hydrogen-bond donors (Lipinski definition) is 0. The molecule has 0 fully saturated rings. The highest BCUT2D eigenvalue weighted by molar-refractivity contribution is 6.18. The number of halogens is 1. The van der Waals surface area contributed by atoms with Crippen LogP contribution in [-0.4, -0.2) is 17.5 Å². The molecule has 1 aromatic carbocycles. The van der Waals surface area contributed by atoms with E-state index in [2.05, 4.69) is 4.98 Å². The van der Waals surface area contributed by atoms with Crippen molar-refractivity contribution in [1.29, 1.82) is 0 Å². The summed E-state index contributed by atoms with van der Waals surface area (Å²) in [4.78, 5) is 4.27. The zero-order chi connectivity index (χ0) is 11.2. The third-order valence-corrected chi connectivity index (χ3v) is 2.36. The predicted octanol–water partition coefficient (Wildman–Crippen LogP) is 3.41. The van der Waals surface area contributed by atoms with Gasteiger partial charge in [-0.25, -0.2) is 0 Å². The molecule has 0 amide bonds. The van der Waals surface area contributed by atoms with E-state index in [9.17, 15) is 0 Å². The van der Waals surface area contributed by atoms with Crippen LogP contribution in [0.1, 0.15) is 0 Å². The molecular weight excluding hydrogens is 222 g/mol. The molecule has 0 saturated heterocycles. The van der Waals surface area contributed by atoms with E-state index in [1.165, 1.54) is 0 Å². The molecule has 16 heavy (non-hydrogen) atoms. The Labute approximate surface area is 99.5 Å². The van der Waals surface area contributed by atoms with Gasteiger partial charge in [-0.15, -0.1) is 11.6 Å². The van der Waals surface area contributed by atoms with Crippen LogP contribution in [0.5, 0.6) is 5.75 Å². The quantitative estimate of drug-likeness (QED) is 0.597. The van der Waals surface area contributed by atoms with Gasteiger partial charge in [0.15, 0.2) is 0 Å². The summed E-state index contributed by atoms with van der Waals surface area (Å²) in [5.74, 6) is 1.34. The second-order valence-corrected chi connectivity index (χ2v) is 3.60. The number of nitrogens with zero attached hydrogens (tertiary/aromatic N) is 1. The first-order valence-electron chi connectivity index (χ1n) is 5.09. The van der Waals surface area contributed by atoms with Gasteiger partial charge in [-0.2, -0.15) is 0 Å². The Kier molecular flexibility index (Phi) is 3.78. The standard InChI is InChI=1S/C13H12ClNO/c14-7-1-2-9-16-12-6-5-11-4-3-8-15-13(11)10-12/h1-6,8,10H,7,9H2/b2-1+. The van der Waals surface area contributed by atoms with E-state index in [1.807, 2.05) is 42.5 Å². The van der Waals surface area contributed by atoms with E-state index < -0.39 is 0 Å². The first-order valence-corrected chi connectivity index (χ1v) is 5.62. The lowest BCUT2D eigenvalue weighted by Crippen LogP contribution is -1.93. The molecular formula is C13H12ClNO. The zero-order valence-corrected chi connectivity index (χ0v) is 9.52. The Bertz CT molecular complexity index is 496. The van der Waals surface area contributed by atoms with Crippen molar-refractivity contribution in [3.05, 3.63) is 48.7 Å². The van der Waals surface area contributed by atoms with Gasteiger partial charge in [0.05, 0.1) is 5.52 Å². The number of allylic oxidation sites excluding steroid dienone is 1. The summed E-state index contributed by atoms with van der Waals surface area (Å²) in [5.41, 5.74) is 0.946. The summed E-state index contributed by atoms with van der Waals surface area (Å²) in [6.45, 7) is 0.533. The number of alkyl halides is 1. The molecule has 2 rings (SSSR count). The Hall–Kier alpha value is -1.54. The topological polar surface area (TPSA) is 22.1 Å². The van der Waals surface area contributed by atoms with Crippen molar-refractivity contribution >= 4 is 22.5 Å². The van der Waals surface area contributed by atoms with Gasteiger partial charge in [0.1, 0.15) is 12.4 Å². The van der Waals surface area contributed by atoms with Crippen LogP contribution in [0.3, 0.4) is 0 Å². The van der Waals surface area contributed by atoms with Crippen molar-refractivity contribution in [2.75, 3.05) is 12.5 Å². The van der Waals surface area contributed by atoms with E-state index in [-0.39, 0.29) is 0 Å². The molecule has 0 spiro atoms. The fraction of sp³-hybridized carbons (Fsp3) is 0.154. The molecule has 0 atom stereocenters. The van der Waals surface area contributed by atoms with E-state index in [0.717, 1.165) is 16.7 Å². The molecule has 0 aliphatic heterocycles. The molecule has 2 aromatic rings. The third kappa shape index (κ3) is 2.74. The fourth-order valence-electron chi connectivity index (χ4n) is 1.41. The number of ether oxygens (including phenoxy) is 1. The van der Waals surface area contributed by atoms with Gasteiger partial charge in [-0.05, 0) is 18.2 Å². The van der Waals surface area contributed by atoms with Gasteiger partial charge in [0.2, 0.25) is 0 Å². The first kappa shape index (κ1) is 11.0. The summed E-state index contributed by atoms with van der Waals surface area (Å²) in [6.07, 6.45) is 5.54. The lowest BCUT2D eigenvalue weighted by atomic mass is 10.2. The number of benzene rings is 1. The SMILES string of the molecule is ClC/C=C/COc1ccc2cccnc2c1. The molecule has 0 saturated carbocycles. The number of hydrogen-bond acceptors (Lipinski definition) is 2. The van der Waals surface area contributed by atoms with Gasteiger partial charge >= 0.3 is 0 Å². The molecule has 1 aromatic heterocycles. The van der Waals surface area contributed by atoms with Crippen LogP contribution in [0.15, 0.2) is 48.7 Å². The highest BCUT2D eigenvalue weighted by Gasteiger charge is 1.96. The summed E-state index contributed by atoms with van der Waals surface area (Å²) in [7, 11) is 0. The van der Waals surface area contributed by atoms with Crippen LogP contribution in [0.4, 0.5) is 0 Å². The number of aromatic nitrogens is 1.